The smallest absolute Gasteiger partial charge is 0.331 e. The number of phenols is 1. The molecule has 2 aromatic rings. The van der Waals surface area contributed by atoms with E-state index < -0.39 is 18.5 Å². The molecule has 0 radical (unpaired) electrons. The van der Waals surface area contributed by atoms with Gasteiger partial charge in [0.05, 0.1) is 14.2 Å². The van der Waals surface area contributed by atoms with E-state index in [0.717, 1.165) is 0 Å². The van der Waals surface area contributed by atoms with Gasteiger partial charge in [-0.2, -0.15) is 0 Å². The van der Waals surface area contributed by atoms with Gasteiger partial charge < -0.3 is 24.6 Å². The number of nitrogens with one attached hydrogen (secondary N) is 1. The first-order chi connectivity index (χ1) is 12.5. The van der Waals surface area contributed by atoms with Gasteiger partial charge in [-0.05, 0) is 35.9 Å². The molecule has 2 aromatic carbocycles. The van der Waals surface area contributed by atoms with Crippen LogP contribution in [0.4, 0.5) is 5.69 Å². The second kappa shape index (κ2) is 9.12. The molecule has 26 heavy (non-hydrogen) atoms. The number of carbonyl (C=O) groups is 2. The van der Waals surface area contributed by atoms with Crippen molar-refractivity contribution < 1.29 is 28.9 Å². The third-order valence-corrected chi connectivity index (χ3v) is 3.31. The van der Waals surface area contributed by atoms with Gasteiger partial charge >= 0.3 is 5.97 Å². The predicted molar refractivity (Wildman–Crippen MR) is 96.3 cm³/mol. The van der Waals surface area contributed by atoms with E-state index >= 15 is 0 Å². The number of hydrogen-bond acceptors (Lipinski definition) is 6. The summed E-state index contributed by atoms with van der Waals surface area (Å²) in [6.07, 6.45) is 2.68. The molecule has 2 N–H and O–H groups in total. The highest BCUT2D eigenvalue weighted by molar-refractivity contribution is 5.94. The van der Waals surface area contributed by atoms with Crippen molar-refractivity contribution in [2.24, 2.45) is 0 Å². The summed E-state index contributed by atoms with van der Waals surface area (Å²) in [4.78, 5) is 23.5. The van der Waals surface area contributed by atoms with Gasteiger partial charge in [0.1, 0.15) is 5.75 Å². The molecule has 0 aliphatic heterocycles. The molecule has 0 aliphatic carbocycles. The van der Waals surface area contributed by atoms with E-state index in [1.165, 1.54) is 32.4 Å². The van der Waals surface area contributed by atoms with E-state index in [9.17, 15) is 14.7 Å². The third-order valence-electron chi connectivity index (χ3n) is 3.31. The van der Waals surface area contributed by atoms with Crippen molar-refractivity contribution in [2.75, 3.05) is 26.1 Å². The van der Waals surface area contributed by atoms with Gasteiger partial charge in [-0.1, -0.05) is 12.1 Å². The topological polar surface area (TPSA) is 94.1 Å². The van der Waals surface area contributed by atoms with E-state index in [1.54, 1.807) is 36.4 Å². The molecular weight excluding hydrogens is 338 g/mol. The van der Waals surface area contributed by atoms with Crippen LogP contribution in [0.15, 0.2) is 48.5 Å². The Bertz CT molecular complexity index is 815. The number of ether oxygens (including phenoxy) is 3. The van der Waals surface area contributed by atoms with E-state index in [0.29, 0.717) is 17.0 Å². The lowest BCUT2D eigenvalue weighted by Gasteiger charge is -2.07. The second-order valence-electron chi connectivity index (χ2n) is 5.15. The van der Waals surface area contributed by atoms with Crippen LogP contribution in [-0.4, -0.2) is 37.8 Å². The van der Waals surface area contributed by atoms with Gasteiger partial charge in [0.2, 0.25) is 0 Å². The Kier molecular flexibility index (Phi) is 6.61. The number of carbonyl (C=O) groups excluding carboxylic acids is 2. The lowest BCUT2D eigenvalue weighted by Crippen LogP contribution is -2.20. The summed E-state index contributed by atoms with van der Waals surface area (Å²) in [5.74, 6) is -0.240. The molecule has 0 fully saturated rings. The third kappa shape index (κ3) is 5.55. The minimum absolute atomic E-state index is 0.00133. The Morgan fingerprint density at radius 3 is 2.65 bits per heavy atom. The van der Waals surface area contributed by atoms with Crippen LogP contribution in [0.5, 0.6) is 17.2 Å². The normalized spacial score (nSPS) is 10.4. The van der Waals surface area contributed by atoms with Crippen LogP contribution in [0, 0.1) is 0 Å². The Morgan fingerprint density at radius 1 is 1.12 bits per heavy atom. The number of aromatic hydroxyl groups is 1. The monoisotopic (exact) mass is 357 g/mol. The molecular formula is C19H19NO6. The number of phenolic OH excluding ortho intramolecular Hbond substituents is 1. The first-order valence-electron chi connectivity index (χ1n) is 7.67. The van der Waals surface area contributed by atoms with Gasteiger partial charge in [-0.15, -0.1) is 0 Å². The van der Waals surface area contributed by atoms with E-state index in [2.05, 4.69) is 5.32 Å². The van der Waals surface area contributed by atoms with Crippen LogP contribution in [0.25, 0.3) is 6.08 Å². The summed E-state index contributed by atoms with van der Waals surface area (Å²) >= 11 is 0. The van der Waals surface area contributed by atoms with E-state index in [4.69, 9.17) is 14.2 Å². The fourth-order valence-electron chi connectivity index (χ4n) is 2.04. The molecule has 0 aliphatic rings. The molecule has 7 nitrogen and oxygen atoms in total. The molecule has 0 saturated carbocycles. The van der Waals surface area contributed by atoms with Crippen molar-refractivity contribution in [2.45, 2.75) is 0 Å². The van der Waals surface area contributed by atoms with E-state index in [-0.39, 0.29) is 11.5 Å². The molecule has 0 bridgehead atoms. The van der Waals surface area contributed by atoms with Crippen LogP contribution < -0.4 is 14.8 Å². The summed E-state index contributed by atoms with van der Waals surface area (Å²) in [6.45, 7) is -0.417. The number of rotatable bonds is 7. The van der Waals surface area contributed by atoms with Crippen molar-refractivity contribution in [3.8, 4) is 17.2 Å². The van der Waals surface area contributed by atoms with Gasteiger partial charge in [-0.25, -0.2) is 4.79 Å². The first-order valence-corrected chi connectivity index (χ1v) is 7.67. The molecule has 2 rings (SSSR count). The highest BCUT2D eigenvalue weighted by Gasteiger charge is 2.07. The SMILES string of the molecule is COc1cccc(NC(=O)COC(=O)/C=C/c2ccc(O)c(OC)c2)c1. The Morgan fingerprint density at radius 2 is 1.92 bits per heavy atom. The summed E-state index contributed by atoms with van der Waals surface area (Å²) in [5, 5.41) is 12.1. The maximum absolute atomic E-state index is 11.8. The molecule has 0 spiro atoms. The zero-order valence-corrected chi connectivity index (χ0v) is 14.4. The zero-order valence-electron chi connectivity index (χ0n) is 14.4. The van der Waals surface area contributed by atoms with Crippen LogP contribution in [0.2, 0.25) is 0 Å². The molecule has 0 saturated heterocycles. The molecule has 1 amide bonds. The Hall–Kier alpha value is -3.48. The average molecular weight is 357 g/mol. The van der Waals surface area contributed by atoms with Crippen molar-refractivity contribution in [1.29, 1.82) is 0 Å². The van der Waals surface area contributed by atoms with Crippen LogP contribution >= 0.6 is 0 Å². The minimum atomic E-state index is -0.669. The summed E-state index contributed by atoms with van der Waals surface area (Å²) in [5.41, 5.74) is 1.18. The first kappa shape index (κ1) is 18.9. The van der Waals surface area contributed by atoms with Crippen molar-refractivity contribution >= 4 is 23.6 Å². The molecule has 136 valence electrons. The average Bonchev–Trinajstić information content (AvgIpc) is 2.65. The van der Waals surface area contributed by atoms with Crippen LogP contribution in [0.3, 0.4) is 0 Å². The standard InChI is InChI=1S/C19H19NO6/c1-24-15-5-3-4-14(11-15)20-18(22)12-26-19(23)9-7-13-6-8-16(21)17(10-13)25-2/h3-11,21H,12H2,1-2H3,(H,20,22)/b9-7+. The van der Waals surface area contributed by atoms with Crippen molar-refractivity contribution in [1.82, 2.24) is 0 Å². The minimum Gasteiger partial charge on any atom is -0.504 e. The molecule has 0 unspecified atom stereocenters. The predicted octanol–water partition coefficient (Wildman–Crippen LogP) is 2.60. The lowest BCUT2D eigenvalue weighted by molar-refractivity contribution is -0.142. The maximum Gasteiger partial charge on any atom is 0.331 e. The Balaban J connectivity index is 1.85. The number of esters is 1. The molecule has 0 heterocycles. The van der Waals surface area contributed by atoms with Gasteiger partial charge in [-0.3, -0.25) is 4.79 Å². The fourth-order valence-corrected chi connectivity index (χ4v) is 2.04. The number of methoxy groups -OCH3 is 2. The van der Waals surface area contributed by atoms with E-state index in [1.807, 2.05) is 0 Å². The molecule has 0 atom stereocenters. The highest BCUT2D eigenvalue weighted by atomic mass is 16.5. The summed E-state index contributed by atoms with van der Waals surface area (Å²) in [7, 11) is 2.95. The number of amides is 1. The highest BCUT2D eigenvalue weighted by Crippen LogP contribution is 2.26. The van der Waals surface area contributed by atoms with Gasteiger partial charge in [0.15, 0.2) is 18.1 Å². The maximum atomic E-state index is 11.8. The Labute approximate surface area is 150 Å². The zero-order chi connectivity index (χ0) is 18.9. The van der Waals surface area contributed by atoms with Gasteiger partial charge in [0, 0.05) is 17.8 Å². The van der Waals surface area contributed by atoms with Crippen LogP contribution in [0.1, 0.15) is 5.56 Å². The van der Waals surface area contributed by atoms with Crippen molar-refractivity contribution in [3.05, 3.63) is 54.1 Å². The summed E-state index contributed by atoms with van der Waals surface area (Å²) in [6, 6.07) is 11.4. The quantitative estimate of drug-likeness (QED) is 0.584. The number of benzene rings is 2. The largest absolute Gasteiger partial charge is 0.504 e. The number of hydrogen-bond donors (Lipinski definition) is 2. The summed E-state index contributed by atoms with van der Waals surface area (Å²) < 4.78 is 14.9. The van der Waals surface area contributed by atoms with Gasteiger partial charge in [0.25, 0.3) is 5.91 Å². The lowest BCUT2D eigenvalue weighted by atomic mass is 10.2. The number of anilines is 1. The fraction of sp³-hybridized carbons (Fsp3) is 0.158. The molecule has 0 aromatic heterocycles. The van der Waals surface area contributed by atoms with Crippen LogP contribution in [-0.2, 0) is 14.3 Å². The molecule has 7 heteroatoms. The van der Waals surface area contributed by atoms with Crippen molar-refractivity contribution in [3.63, 3.8) is 0 Å². The second-order valence-corrected chi connectivity index (χ2v) is 5.15.